The Morgan fingerprint density at radius 3 is 2.54 bits per heavy atom. The predicted molar refractivity (Wildman–Crippen MR) is 49.8 cm³/mol. The summed E-state index contributed by atoms with van der Waals surface area (Å²) in [6, 6.07) is 1.85. The SMILES string of the molecule is Cc1cc(C(=O)C2CC2C)c(C)o1. The second-order valence-corrected chi connectivity index (χ2v) is 4.01. The van der Waals surface area contributed by atoms with Gasteiger partial charge in [-0.25, -0.2) is 0 Å². The van der Waals surface area contributed by atoms with Crippen LogP contribution in [0.1, 0.15) is 35.2 Å². The molecule has 2 heteroatoms. The molecule has 0 spiro atoms. The molecule has 0 aliphatic heterocycles. The fraction of sp³-hybridized carbons (Fsp3) is 0.545. The number of carbonyl (C=O) groups is 1. The van der Waals surface area contributed by atoms with Crippen molar-refractivity contribution >= 4 is 5.78 Å². The molecule has 1 fully saturated rings. The lowest BCUT2D eigenvalue weighted by Crippen LogP contribution is -2.02. The zero-order valence-corrected chi connectivity index (χ0v) is 8.26. The number of aryl methyl sites for hydroxylation is 2. The van der Waals surface area contributed by atoms with E-state index in [1.165, 1.54) is 0 Å². The van der Waals surface area contributed by atoms with Crippen LogP contribution in [0.4, 0.5) is 0 Å². The fourth-order valence-electron chi connectivity index (χ4n) is 1.76. The molecule has 1 aromatic rings. The Morgan fingerprint density at radius 2 is 2.15 bits per heavy atom. The van der Waals surface area contributed by atoms with Crippen LogP contribution in [0, 0.1) is 25.7 Å². The molecule has 0 radical (unpaired) electrons. The van der Waals surface area contributed by atoms with Gasteiger partial charge in [-0.2, -0.15) is 0 Å². The Morgan fingerprint density at radius 1 is 1.54 bits per heavy atom. The van der Waals surface area contributed by atoms with Crippen LogP contribution >= 0.6 is 0 Å². The van der Waals surface area contributed by atoms with E-state index in [2.05, 4.69) is 6.92 Å². The topological polar surface area (TPSA) is 30.2 Å². The highest BCUT2D eigenvalue weighted by Crippen LogP contribution is 2.40. The molecule has 0 saturated heterocycles. The van der Waals surface area contributed by atoms with E-state index in [4.69, 9.17) is 4.42 Å². The Balaban J connectivity index is 2.25. The minimum Gasteiger partial charge on any atom is -0.466 e. The first kappa shape index (κ1) is 8.54. The third-order valence-corrected chi connectivity index (χ3v) is 2.75. The summed E-state index contributed by atoms with van der Waals surface area (Å²) in [5.41, 5.74) is 0.784. The first-order valence-electron chi connectivity index (χ1n) is 4.71. The van der Waals surface area contributed by atoms with Crippen LogP contribution in [0.5, 0.6) is 0 Å². The lowest BCUT2D eigenvalue weighted by molar-refractivity contribution is 0.0961. The quantitative estimate of drug-likeness (QED) is 0.652. The van der Waals surface area contributed by atoms with Crippen LogP contribution in [0.2, 0.25) is 0 Å². The van der Waals surface area contributed by atoms with Crippen LogP contribution in [-0.2, 0) is 0 Å². The third kappa shape index (κ3) is 1.41. The summed E-state index contributed by atoms with van der Waals surface area (Å²) in [7, 11) is 0. The minimum atomic E-state index is 0.260. The summed E-state index contributed by atoms with van der Waals surface area (Å²) in [5, 5.41) is 0. The molecule has 1 saturated carbocycles. The molecule has 1 aliphatic rings. The lowest BCUT2D eigenvalue weighted by Gasteiger charge is -1.94. The molecule has 2 nitrogen and oxygen atoms in total. The molecule has 0 N–H and O–H groups in total. The van der Waals surface area contributed by atoms with Gasteiger partial charge in [0.25, 0.3) is 0 Å². The Bertz CT molecular complexity index is 349. The molecule has 0 bridgehead atoms. The highest BCUT2D eigenvalue weighted by atomic mass is 16.3. The van der Waals surface area contributed by atoms with E-state index in [1.807, 2.05) is 19.9 Å². The second kappa shape index (κ2) is 2.72. The van der Waals surface area contributed by atoms with Gasteiger partial charge in [-0.15, -0.1) is 0 Å². The molecule has 2 rings (SSSR count). The van der Waals surface area contributed by atoms with E-state index in [9.17, 15) is 4.79 Å². The van der Waals surface area contributed by atoms with E-state index >= 15 is 0 Å². The molecular formula is C11H14O2. The molecule has 13 heavy (non-hydrogen) atoms. The summed E-state index contributed by atoms with van der Waals surface area (Å²) >= 11 is 0. The Kier molecular flexibility index (Phi) is 1.79. The smallest absolute Gasteiger partial charge is 0.169 e. The first-order valence-corrected chi connectivity index (χ1v) is 4.71. The number of carbonyl (C=O) groups excluding carboxylic acids is 1. The van der Waals surface area contributed by atoms with Gasteiger partial charge in [0.2, 0.25) is 0 Å². The molecule has 1 aliphatic carbocycles. The zero-order valence-electron chi connectivity index (χ0n) is 8.26. The summed E-state index contributed by atoms with van der Waals surface area (Å²) in [6.07, 6.45) is 1.04. The van der Waals surface area contributed by atoms with Crippen LogP contribution < -0.4 is 0 Å². The maximum Gasteiger partial charge on any atom is 0.169 e. The van der Waals surface area contributed by atoms with Crippen molar-refractivity contribution in [3.05, 3.63) is 23.2 Å². The van der Waals surface area contributed by atoms with Gasteiger partial charge in [0.1, 0.15) is 11.5 Å². The summed E-state index contributed by atoms with van der Waals surface area (Å²) in [6.45, 7) is 5.85. The van der Waals surface area contributed by atoms with Gasteiger partial charge >= 0.3 is 0 Å². The molecule has 1 aromatic heterocycles. The van der Waals surface area contributed by atoms with Crippen molar-refractivity contribution in [2.24, 2.45) is 11.8 Å². The monoisotopic (exact) mass is 178 g/mol. The Hall–Kier alpha value is -1.05. The van der Waals surface area contributed by atoms with Crippen LogP contribution in [0.25, 0.3) is 0 Å². The normalized spacial score (nSPS) is 26.1. The number of rotatable bonds is 2. The van der Waals surface area contributed by atoms with E-state index in [1.54, 1.807) is 0 Å². The number of hydrogen-bond donors (Lipinski definition) is 0. The van der Waals surface area contributed by atoms with E-state index in [0.29, 0.717) is 5.92 Å². The van der Waals surface area contributed by atoms with Gasteiger partial charge in [0, 0.05) is 5.92 Å². The van der Waals surface area contributed by atoms with E-state index in [0.717, 1.165) is 23.5 Å². The van der Waals surface area contributed by atoms with Gasteiger partial charge < -0.3 is 4.42 Å². The average Bonchev–Trinajstić information content (AvgIpc) is 2.67. The van der Waals surface area contributed by atoms with Gasteiger partial charge in [0.05, 0.1) is 5.56 Å². The van der Waals surface area contributed by atoms with Crippen molar-refractivity contribution in [2.45, 2.75) is 27.2 Å². The lowest BCUT2D eigenvalue weighted by atomic mass is 10.1. The molecular weight excluding hydrogens is 164 g/mol. The van der Waals surface area contributed by atoms with Crippen molar-refractivity contribution in [3.63, 3.8) is 0 Å². The number of Topliss-reactive ketones (excluding diaryl/α,β-unsaturated/α-hetero) is 1. The summed E-state index contributed by atoms with van der Waals surface area (Å²) in [5.74, 6) is 2.69. The van der Waals surface area contributed by atoms with Crippen molar-refractivity contribution in [1.82, 2.24) is 0 Å². The molecule has 0 amide bonds. The molecule has 0 aromatic carbocycles. The standard InChI is InChI=1S/C11H14O2/c1-6-4-9(6)11(12)10-5-7(2)13-8(10)3/h5-6,9H,4H2,1-3H3. The van der Waals surface area contributed by atoms with Gasteiger partial charge in [0.15, 0.2) is 5.78 Å². The average molecular weight is 178 g/mol. The van der Waals surface area contributed by atoms with Crippen LogP contribution in [0.3, 0.4) is 0 Å². The highest BCUT2D eigenvalue weighted by Gasteiger charge is 2.40. The third-order valence-electron chi connectivity index (χ3n) is 2.75. The zero-order chi connectivity index (χ0) is 9.59. The molecule has 2 unspecified atom stereocenters. The predicted octanol–water partition coefficient (Wildman–Crippen LogP) is 2.74. The van der Waals surface area contributed by atoms with E-state index < -0.39 is 0 Å². The maximum absolute atomic E-state index is 11.8. The largest absolute Gasteiger partial charge is 0.466 e. The highest BCUT2D eigenvalue weighted by molar-refractivity contribution is 6.00. The molecule has 70 valence electrons. The van der Waals surface area contributed by atoms with Crippen molar-refractivity contribution < 1.29 is 9.21 Å². The van der Waals surface area contributed by atoms with Crippen molar-refractivity contribution in [3.8, 4) is 0 Å². The van der Waals surface area contributed by atoms with Gasteiger partial charge in [-0.1, -0.05) is 6.92 Å². The summed E-state index contributed by atoms with van der Waals surface area (Å²) < 4.78 is 5.33. The first-order chi connectivity index (χ1) is 6.09. The fourth-order valence-corrected chi connectivity index (χ4v) is 1.76. The Labute approximate surface area is 77.9 Å². The minimum absolute atomic E-state index is 0.260. The van der Waals surface area contributed by atoms with Crippen LogP contribution in [0.15, 0.2) is 10.5 Å². The second-order valence-electron chi connectivity index (χ2n) is 4.01. The summed E-state index contributed by atoms with van der Waals surface area (Å²) in [4.78, 5) is 11.8. The van der Waals surface area contributed by atoms with Crippen LogP contribution in [-0.4, -0.2) is 5.78 Å². The van der Waals surface area contributed by atoms with Gasteiger partial charge in [-0.3, -0.25) is 4.79 Å². The van der Waals surface area contributed by atoms with Gasteiger partial charge in [-0.05, 0) is 32.3 Å². The number of furan rings is 1. The van der Waals surface area contributed by atoms with Crippen molar-refractivity contribution in [2.75, 3.05) is 0 Å². The number of hydrogen-bond acceptors (Lipinski definition) is 2. The maximum atomic E-state index is 11.8. The molecule has 2 atom stereocenters. The van der Waals surface area contributed by atoms with E-state index in [-0.39, 0.29) is 11.7 Å². The van der Waals surface area contributed by atoms with Crippen molar-refractivity contribution in [1.29, 1.82) is 0 Å². The number of ketones is 1. The molecule has 1 heterocycles.